The first-order chi connectivity index (χ1) is 8.78. The number of ether oxygens (including phenoxy) is 1. The summed E-state index contributed by atoms with van der Waals surface area (Å²) in [6, 6.07) is 5.86. The molecule has 0 atom stereocenters. The highest BCUT2D eigenvalue weighted by atomic mass is 16.5. The van der Waals surface area contributed by atoms with E-state index in [0.717, 1.165) is 40.7 Å². The van der Waals surface area contributed by atoms with Crippen molar-refractivity contribution in [1.82, 2.24) is 0 Å². The van der Waals surface area contributed by atoms with Crippen molar-refractivity contribution in [3.05, 3.63) is 41.2 Å². The van der Waals surface area contributed by atoms with E-state index in [1.807, 2.05) is 18.2 Å². The third-order valence-electron chi connectivity index (χ3n) is 3.27. The lowest BCUT2D eigenvalue weighted by atomic mass is 10.0. The van der Waals surface area contributed by atoms with Crippen LogP contribution in [0.3, 0.4) is 0 Å². The summed E-state index contributed by atoms with van der Waals surface area (Å²) >= 11 is 0. The molecule has 3 nitrogen and oxygen atoms in total. The Kier molecular flexibility index (Phi) is 2.67. The van der Waals surface area contributed by atoms with E-state index >= 15 is 0 Å². The maximum Gasteiger partial charge on any atom is 0.309 e. The zero-order valence-electron chi connectivity index (χ0n) is 10.2. The fraction of sp³-hybridized carbons (Fsp3) is 0.267. The van der Waals surface area contributed by atoms with Crippen molar-refractivity contribution in [3.8, 4) is 0 Å². The van der Waals surface area contributed by atoms with Crippen LogP contribution in [0.4, 0.5) is 0 Å². The standard InChI is InChI=1S/C15H14O3/c1-17-15(16)9-10-6-7-14-12(8-10)11-4-2-3-5-13(11)18-14/h2,4,6-8H,3,5,9H2,1H3. The van der Waals surface area contributed by atoms with Crippen LogP contribution in [0.25, 0.3) is 17.0 Å². The highest BCUT2D eigenvalue weighted by Gasteiger charge is 2.15. The monoisotopic (exact) mass is 242 g/mol. The molecule has 0 saturated heterocycles. The number of rotatable bonds is 2. The van der Waals surface area contributed by atoms with Crippen LogP contribution >= 0.6 is 0 Å². The van der Waals surface area contributed by atoms with Crippen molar-refractivity contribution in [2.75, 3.05) is 7.11 Å². The Morgan fingerprint density at radius 1 is 1.44 bits per heavy atom. The van der Waals surface area contributed by atoms with Gasteiger partial charge >= 0.3 is 5.97 Å². The van der Waals surface area contributed by atoms with Crippen LogP contribution in [0.5, 0.6) is 0 Å². The predicted octanol–water partition coefficient (Wildman–Crippen LogP) is 3.11. The quantitative estimate of drug-likeness (QED) is 0.759. The number of benzene rings is 1. The molecule has 18 heavy (non-hydrogen) atoms. The van der Waals surface area contributed by atoms with E-state index in [1.165, 1.54) is 7.11 Å². The number of methoxy groups -OCH3 is 1. The lowest BCUT2D eigenvalue weighted by molar-refractivity contribution is -0.139. The fourth-order valence-electron chi connectivity index (χ4n) is 2.35. The lowest BCUT2D eigenvalue weighted by Crippen LogP contribution is -2.04. The summed E-state index contributed by atoms with van der Waals surface area (Å²) in [4.78, 5) is 11.3. The topological polar surface area (TPSA) is 39.4 Å². The lowest BCUT2D eigenvalue weighted by Gasteiger charge is -2.02. The molecule has 3 heteroatoms. The van der Waals surface area contributed by atoms with Gasteiger partial charge in [-0.05, 0) is 24.1 Å². The molecule has 1 heterocycles. The number of allylic oxidation sites excluding steroid dienone is 1. The Bertz CT molecular complexity index is 634. The molecule has 0 spiro atoms. The molecule has 0 fully saturated rings. The van der Waals surface area contributed by atoms with Crippen molar-refractivity contribution in [2.24, 2.45) is 0 Å². The van der Waals surface area contributed by atoms with E-state index in [1.54, 1.807) is 0 Å². The van der Waals surface area contributed by atoms with Crippen LogP contribution in [-0.4, -0.2) is 13.1 Å². The Morgan fingerprint density at radius 3 is 3.17 bits per heavy atom. The second kappa shape index (κ2) is 4.33. The molecule has 1 aliphatic carbocycles. The van der Waals surface area contributed by atoms with Gasteiger partial charge in [0, 0.05) is 17.4 Å². The minimum atomic E-state index is -0.220. The van der Waals surface area contributed by atoms with E-state index in [0.29, 0.717) is 6.42 Å². The average molecular weight is 242 g/mol. The SMILES string of the molecule is COC(=O)Cc1ccc2oc3c(c2c1)C=CCC3. The highest BCUT2D eigenvalue weighted by Crippen LogP contribution is 2.31. The molecule has 0 saturated carbocycles. The molecule has 0 bridgehead atoms. The molecule has 0 radical (unpaired) electrons. The highest BCUT2D eigenvalue weighted by molar-refractivity contribution is 5.90. The molecule has 2 aromatic rings. The number of hydrogen-bond donors (Lipinski definition) is 0. The van der Waals surface area contributed by atoms with Crippen molar-refractivity contribution in [3.63, 3.8) is 0 Å². The van der Waals surface area contributed by atoms with E-state index in [9.17, 15) is 4.79 Å². The number of furan rings is 1. The summed E-state index contributed by atoms with van der Waals surface area (Å²) in [5, 5.41) is 1.09. The minimum absolute atomic E-state index is 0.220. The van der Waals surface area contributed by atoms with Crippen LogP contribution in [0, 0.1) is 0 Å². The number of hydrogen-bond acceptors (Lipinski definition) is 3. The molecule has 92 valence electrons. The summed E-state index contributed by atoms with van der Waals surface area (Å²) < 4.78 is 10.5. The minimum Gasteiger partial charge on any atom is -0.469 e. The van der Waals surface area contributed by atoms with Crippen LogP contribution in [0.2, 0.25) is 0 Å². The molecule has 0 unspecified atom stereocenters. The van der Waals surface area contributed by atoms with Gasteiger partial charge in [0.2, 0.25) is 0 Å². The summed E-state index contributed by atoms with van der Waals surface area (Å²) in [6.07, 6.45) is 6.54. The maximum atomic E-state index is 11.3. The fourth-order valence-corrected chi connectivity index (χ4v) is 2.35. The Balaban J connectivity index is 2.06. The molecule has 3 rings (SSSR count). The third-order valence-corrected chi connectivity index (χ3v) is 3.27. The molecule has 0 amide bonds. The van der Waals surface area contributed by atoms with Crippen LogP contribution in [0.15, 0.2) is 28.7 Å². The molecule has 0 N–H and O–H groups in total. The molecule has 0 aliphatic heterocycles. The van der Waals surface area contributed by atoms with E-state index in [-0.39, 0.29) is 5.97 Å². The van der Waals surface area contributed by atoms with E-state index in [4.69, 9.17) is 4.42 Å². The van der Waals surface area contributed by atoms with Gasteiger partial charge in [0.25, 0.3) is 0 Å². The van der Waals surface area contributed by atoms with Gasteiger partial charge in [0.15, 0.2) is 0 Å². The number of aryl methyl sites for hydroxylation is 1. The largest absolute Gasteiger partial charge is 0.469 e. The normalized spacial score (nSPS) is 13.6. The van der Waals surface area contributed by atoms with Gasteiger partial charge in [-0.2, -0.15) is 0 Å². The summed E-state index contributed by atoms with van der Waals surface area (Å²) in [6.45, 7) is 0. The first kappa shape index (κ1) is 11.1. The molecule has 1 aromatic heterocycles. The Morgan fingerprint density at radius 2 is 2.33 bits per heavy atom. The smallest absolute Gasteiger partial charge is 0.309 e. The third kappa shape index (κ3) is 1.82. The van der Waals surface area contributed by atoms with Gasteiger partial charge in [0.05, 0.1) is 13.5 Å². The van der Waals surface area contributed by atoms with Gasteiger partial charge in [-0.15, -0.1) is 0 Å². The average Bonchev–Trinajstić information content (AvgIpc) is 2.77. The van der Waals surface area contributed by atoms with Gasteiger partial charge < -0.3 is 9.15 Å². The second-order valence-electron chi connectivity index (χ2n) is 4.46. The van der Waals surface area contributed by atoms with E-state index in [2.05, 4.69) is 16.9 Å². The molecular formula is C15H14O3. The summed E-state index contributed by atoms with van der Waals surface area (Å²) in [5.41, 5.74) is 3.00. The molecule has 1 aliphatic rings. The number of esters is 1. The Hall–Kier alpha value is -2.03. The van der Waals surface area contributed by atoms with Crippen molar-refractivity contribution in [2.45, 2.75) is 19.3 Å². The van der Waals surface area contributed by atoms with Crippen molar-refractivity contribution in [1.29, 1.82) is 0 Å². The zero-order valence-corrected chi connectivity index (χ0v) is 10.2. The second-order valence-corrected chi connectivity index (χ2v) is 4.46. The van der Waals surface area contributed by atoms with Crippen molar-refractivity contribution >= 4 is 23.0 Å². The van der Waals surface area contributed by atoms with Gasteiger partial charge in [0.1, 0.15) is 11.3 Å². The number of fused-ring (bicyclic) bond motifs is 3. The molecular weight excluding hydrogens is 228 g/mol. The van der Waals surface area contributed by atoms with Crippen molar-refractivity contribution < 1.29 is 13.9 Å². The zero-order chi connectivity index (χ0) is 12.5. The first-order valence-electron chi connectivity index (χ1n) is 6.05. The van der Waals surface area contributed by atoms with Crippen LogP contribution in [-0.2, 0) is 22.4 Å². The number of carbonyl (C=O) groups is 1. The van der Waals surface area contributed by atoms with Gasteiger partial charge in [-0.3, -0.25) is 4.79 Å². The number of carbonyl (C=O) groups excluding carboxylic acids is 1. The first-order valence-corrected chi connectivity index (χ1v) is 6.05. The summed E-state index contributed by atoms with van der Waals surface area (Å²) in [5.74, 6) is 0.824. The molecule has 1 aromatic carbocycles. The van der Waals surface area contributed by atoms with E-state index < -0.39 is 0 Å². The predicted molar refractivity (Wildman–Crippen MR) is 69.3 cm³/mol. The summed E-state index contributed by atoms with van der Waals surface area (Å²) in [7, 11) is 1.41. The maximum absolute atomic E-state index is 11.3. The Labute approximate surface area is 105 Å². The van der Waals surface area contributed by atoms with Gasteiger partial charge in [-0.1, -0.05) is 18.2 Å². The van der Waals surface area contributed by atoms with Gasteiger partial charge in [-0.25, -0.2) is 0 Å². The van der Waals surface area contributed by atoms with Crippen LogP contribution < -0.4 is 0 Å². The van der Waals surface area contributed by atoms with Crippen LogP contribution in [0.1, 0.15) is 23.3 Å².